The molecule has 0 aliphatic carbocycles. The maximum absolute atomic E-state index is 12.9. The van der Waals surface area contributed by atoms with Crippen LogP contribution in [0.25, 0.3) is 0 Å². The topological polar surface area (TPSA) is 30.7 Å². The van der Waals surface area contributed by atoms with E-state index in [0.717, 1.165) is 24.3 Å². The average Bonchev–Trinajstić information content (AvgIpc) is 3.16. The molecule has 3 nitrogen and oxygen atoms in total. The Morgan fingerprint density at radius 1 is 0.750 bits per heavy atom. The maximum Gasteiger partial charge on any atom is 0.416 e. The van der Waals surface area contributed by atoms with E-state index in [2.05, 4.69) is 10.3 Å². The predicted molar refractivity (Wildman–Crippen MR) is 89.5 cm³/mol. The molecule has 0 saturated heterocycles. The van der Waals surface area contributed by atoms with E-state index in [4.69, 9.17) is 0 Å². The highest BCUT2D eigenvalue weighted by atomic mass is 19.4. The fourth-order valence-corrected chi connectivity index (χ4v) is 3.10. The van der Waals surface area contributed by atoms with Crippen molar-refractivity contribution >= 4 is 0 Å². The van der Waals surface area contributed by atoms with Gasteiger partial charge in [0.15, 0.2) is 0 Å². The van der Waals surface area contributed by atoms with Crippen LogP contribution in [0.5, 0.6) is 0 Å². The van der Waals surface area contributed by atoms with Crippen LogP contribution in [0.1, 0.15) is 41.1 Å². The molecule has 1 unspecified atom stereocenters. The number of benzene rings is 2. The van der Waals surface area contributed by atoms with E-state index in [1.54, 1.807) is 13.1 Å². The normalized spacial score (nSPS) is 13.7. The SMILES string of the molecule is CC(C(c1ccc(C(F)(F)F)cc1)c1ccc(C(F)(F)F)cc1)n1ccnn1. The number of aromatic nitrogens is 3. The number of rotatable bonds is 4. The first-order valence-electron chi connectivity index (χ1n) is 8.27. The molecule has 0 spiro atoms. The van der Waals surface area contributed by atoms with Crippen LogP contribution in [0.15, 0.2) is 60.9 Å². The summed E-state index contributed by atoms with van der Waals surface area (Å²) in [5.74, 6) is -0.522. The Hall–Kier alpha value is -2.84. The zero-order valence-electron chi connectivity index (χ0n) is 14.5. The molecule has 1 aromatic heterocycles. The molecule has 0 N–H and O–H groups in total. The molecule has 0 amide bonds. The van der Waals surface area contributed by atoms with E-state index in [1.807, 2.05) is 0 Å². The molecule has 28 heavy (non-hydrogen) atoms. The Kier molecular flexibility index (Phi) is 5.18. The van der Waals surface area contributed by atoms with Gasteiger partial charge in [0.2, 0.25) is 0 Å². The highest BCUT2D eigenvalue weighted by molar-refractivity contribution is 5.37. The predicted octanol–water partition coefficient (Wildman–Crippen LogP) is 5.71. The van der Waals surface area contributed by atoms with Crippen molar-refractivity contribution in [2.75, 3.05) is 0 Å². The first-order chi connectivity index (χ1) is 13.1. The van der Waals surface area contributed by atoms with Crippen LogP contribution < -0.4 is 0 Å². The third-order valence-corrected chi connectivity index (χ3v) is 4.53. The minimum absolute atomic E-state index is 0.393. The van der Waals surface area contributed by atoms with Gasteiger partial charge in [-0.05, 0) is 42.3 Å². The van der Waals surface area contributed by atoms with Crippen molar-refractivity contribution < 1.29 is 26.3 Å². The van der Waals surface area contributed by atoms with Gasteiger partial charge in [-0.25, -0.2) is 4.68 Å². The molecule has 0 radical (unpaired) electrons. The van der Waals surface area contributed by atoms with Crippen LogP contribution in [0.4, 0.5) is 26.3 Å². The summed E-state index contributed by atoms with van der Waals surface area (Å²) in [6.07, 6.45) is -5.90. The molecule has 1 atom stereocenters. The van der Waals surface area contributed by atoms with Gasteiger partial charge in [-0.3, -0.25) is 0 Å². The fraction of sp³-hybridized carbons (Fsp3) is 0.263. The third-order valence-electron chi connectivity index (χ3n) is 4.53. The summed E-state index contributed by atoms with van der Waals surface area (Å²) >= 11 is 0. The molecule has 0 aliphatic rings. The Bertz CT molecular complexity index is 839. The molecular formula is C19H15F6N3. The number of halogens is 6. The van der Waals surface area contributed by atoms with Gasteiger partial charge < -0.3 is 0 Å². The summed E-state index contributed by atoms with van der Waals surface area (Å²) in [4.78, 5) is 0. The fourth-order valence-electron chi connectivity index (χ4n) is 3.10. The molecule has 0 aliphatic heterocycles. The highest BCUT2D eigenvalue weighted by Crippen LogP contribution is 2.38. The quantitative estimate of drug-likeness (QED) is 0.526. The summed E-state index contributed by atoms with van der Waals surface area (Å²) < 4.78 is 78.6. The van der Waals surface area contributed by atoms with Crippen LogP contribution in [0, 0.1) is 0 Å². The zero-order chi connectivity index (χ0) is 20.5. The molecule has 2 aromatic carbocycles. The lowest BCUT2D eigenvalue weighted by molar-refractivity contribution is -0.138. The second-order valence-corrected chi connectivity index (χ2v) is 6.34. The Balaban J connectivity index is 2.03. The van der Waals surface area contributed by atoms with Gasteiger partial charge in [-0.15, -0.1) is 5.10 Å². The lowest BCUT2D eigenvalue weighted by Crippen LogP contribution is -2.18. The van der Waals surface area contributed by atoms with E-state index < -0.39 is 35.4 Å². The second kappa shape index (κ2) is 7.29. The van der Waals surface area contributed by atoms with E-state index in [1.165, 1.54) is 35.1 Å². The van der Waals surface area contributed by atoms with E-state index >= 15 is 0 Å². The van der Waals surface area contributed by atoms with Crippen molar-refractivity contribution in [3.63, 3.8) is 0 Å². The molecular weight excluding hydrogens is 384 g/mol. The van der Waals surface area contributed by atoms with Gasteiger partial charge in [0.05, 0.1) is 23.4 Å². The van der Waals surface area contributed by atoms with Gasteiger partial charge in [0.1, 0.15) is 0 Å². The number of hydrogen-bond acceptors (Lipinski definition) is 2. The lowest BCUT2D eigenvalue weighted by Gasteiger charge is -2.25. The molecule has 3 rings (SSSR count). The number of nitrogens with zero attached hydrogens (tertiary/aromatic N) is 3. The van der Waals surface area contributed by atoms with E-state index in [0.29, 0.717) is 11.1 Å². The highest BCUT2D eigenvalue weighted by Gasteiger charge is 2.32. The van der Waals surface area contributed by atoms with Crippen LogP contribution >= 0.6 is 0 Å². The summed E-state index contributed by atoms with van der Waals surface area (Å²) in [5.41, 5.74) is -0.543. The van der Waals surface area contributed by atoms with Gasteiger partial charge >= 0.3 is 12.4 Å². The molecule has 1 heterocycles. The second-order valence-electron chi connectivity index (χ2n) is 6.34. The Morgan fingerprint density at radius 3 is 1.50 bits per heavy atom. The summed E-state index contributed by atoms with van der Waals surface area (Å²) in [5, 5.41) is 7.63. The molecule has 0 bridgehead atoms. The van der Waals surface area contributed by atoms with Crippen molar-refractivity contribution in [2.45, 2.75) is 31.2 Å². The zero-order valence-corrected chi connectivity index (χ0v) is 14.5. The third kappa shape index (κ3) is 4.18. The van der Waals surface area contributed by atoms with Crippen molar-refractivity contribution in [3.8, 4) is 0 Å². The molecule has 148 valence electrons. The first-order valence-corrected chi connectivity index (χ1v) is 8.27. The van der Waals surface area contributed by atoms with Crippen LogP contribution in [0.2, 0.25) is 0 Å². The standard InChI is InChI=1S/C19H15F6N3/c1-12(28-11-10-26-27-28)17(13-2-6-15(7-3-13)18(20,21)22)14-4-8-16(9-5-14)19(23,24)25/h2-12,17H,1H3. The monoisotopic (exact) mass is 399 g/mol. The average molecular weight is 399 g/mol. The molecule has 0 saturated carbocycles. The minimum atomic E-state index is -4.47. The number of alkyl halides is 6. The molecule has 0 fully saturated rings. The number of hydrogen-bond donors (Lipinski definition) is 0. The van der Waals surface area contributed by atoms with Crippen molar-refractivity contribution in [1.29, 1.82) is 0 Å². The van der Waals surface area contributed by atoms with Gasteiger partial charge in [-0.2, -0.15) is 26.3 Å². The van der Waals surface area contributed by atoms with Crippen molar-refractivity contribution in [1.82, 2.24) is 15.0 Å². The van der Waals surface area contributed by atoms with Crippen LogP contribution in [-0.2, 0) is 12.4 Å². The van der Waals surface area contributed by atoms with Gasteiger partial charge in [0, 0.05) is 12.1 Å². The van der Waals surface area contributed by atoms with Gasteiger partial charge in [-0.1, -0.05) is 29.5 Å². The largest absolute Gasteiger partial charge is 0.416 e. The summed E-state index contributed by atoms with van der Waals surface area (Å²) in [6, 6.07) is 8.77. The van der Waals surface area contributed by atoms with Crippen LogP contribution in [-0.4, -0.2) is 15.0 Å². The minimum Gasteiger partial charge on any atom is -0.249 e. The lowest BCUT2D eigenvalue weighted by atomic mass is 9.85. The van der Waals surface area contributed by atoms with Crippen LogP contribution in [0.3, 0.4) is 0 Å². The van der Waals surface area contributed by atoms with Gasteiger partial charge in [0.25, 0.3) is 0 Å². The smallest absolute Gasteiger partial charge is 0.249 e. The maximum atomic E-state index is 12.9. The molecule has 9 heteroatoms. The Labute approximate surface area is 156 Å². The van der Waals surface area contributed by atoms with Crippen molar-refractivity contribution in [3.05, 3.63) is 83.2 Å². The first kappa shape index (κ1) is 19.9. The van der Waals surface area contributed by atoms with Crippen molar-refractivity contribution in [2.24, 2.45) is 0 Å². The van der Waals surface area contributed by atoms with E-state index in [-0.39, 0.29) is 0 Å². The summed E-state index contributed by atoms with van der Waals surface area (Å²) in [7, 11) is 0. The summed E-state index contributed by atoms with van der Waals surface area (Å²) in [6.45, 7) is 1.77. The molecule has 3 aromatic rings. The van der Waals surface area contributed by atoms with E-state index in [9.17, 15) is 26.3 Å². The Morgan fingerprint density at radius 2 is 1.18 bits per heavy atom.